The van der Waals surface area contributed by atoms with Crippen molar-refractivity contribution in [3.8, 4) is 0 Å². The van der Waals surface area contributed by atoms with E-state index >= 15 is 0 Å². The number of rotatable bonds is 4. The monoisotopic (exact) mass is 259 g/mol. The molecule has 0 fully saturated rings. The number of carbonyl (C=O) groups excluding carboxylic acids is 1. The standard InChI is InChI=1S/C10H11Cl2N3O/c1-2-3-4-5-13-10(16)7-6-8(11)14-15-9(7)12/h2-3,6H,4-5H2,1H3,(H,13,16)/b3-2+. The SMILES string of the molecule is C/C=C/CCNC(=O)c1cc(Cl)nnc1Cl. The van der Waals surface area contributed by atoms with Crippen LogP contribution in [0.2, 0.25) is 10.3 Å². The first-order valence-corrected chi connectivity index (χ1v) is 5.49. The Morgan fingerprint density at radius 2 is 2.25 bits per heavy atom. The summed E-state index contributed by atoms with van der Waals surface area (Å²) in [6.07, 6.45) is 4.65. The number of hydrogen-bond donors (Lipinski definition) is 1. The number of amides is 1. The summed E-state index contributed by atoms with van der Waals surface area (Å²) < 4.78 is 0. The number of carbonyl (C=O) groups is 1. The Balaban J connectivity index is 2.62. The minimum atomic E-state index is -0.300. The van der Waals surface area contributed by atoms with E-state index in [9.17, 15) is 4.79 Å². The predicted molar refractivity (Wildman–Crippen MR) is 63.8 cm³/mol. The number of hydrogen-bond acceptors (Lipinski definition) is 3. The third-order valence-corrected chi connectivity index (χ3v) is 2.26. The van der Waals surface area contributed by atoms with Crippen LogP contribution in [-0.4, -0.2) is 22.6 Å². The number of halogens is 2. The van der Waals surface area contributed by atoms with Gasteiger partial charge in [0.15, 0.2) is 10.3 Å². The van der Waals surface area contributed by atoms with Gasteiger partial charge in [0.05, 0.1) is 5.56 Å². The fourth-order valence-corrected chi connectivity index (χ4v) is 1.37. The van der Waals surface area contributed by atoms with Gasteiger partial charge < -0.3 is 5.32 Å². The second-order valence-corrected chi connectivity index (χ2v) is 3.73. The molecule has 0 saturated carbocycles. The van der Waals surface area contributed by atoms with Crippen molar-refractivity contribution in [1.29, 1.82) is 0 Å². The molecule has 0 unspecified atom stereocenters. The maximum absolute atomic E-state index is 11.6. The van der Waals surface area contributed by atoms with Gasteiger partial charge in [-0.15, -0.1) is 10.2 Å². The van der Waals surface area contributed by atoms with Crippen molar-refractivity contribution in [2.75, 3.05) is 6.54 Å². The highest BCUT2D eigenvalue weighted by molar-refractivity contribution is 6.34. The van der Waals surface area contributed by atoms with E-state index in [1.54, 1.807) is 0 Å². The highest BCUT2D eigenvalue weighted by Crippen LogP contribution is 2.14. The van der Waals surface area contributed by atoms with Gasteiger partial charge in [-0.1, -0.05) is 35.4 Å². The minimum absolute atomic E-state index is 0.0490. The number of nitrogens with one attached hydrogen (secondary N) is 1. The molecule has 1 heterocycles. The van der Waals surface area contributed by atoms with Crippen LogP contribution in [0.5, 0.6) is 0 Å². The first-order chi connectivity index (χ1) is 7.65. The summed E-state index contributed by atoms with van der Waals surface area (Å²) in [5.74, 6) is -0.300. The van der Waals surface area contributed by atoms with Gasteiger partial charge in [0, 0.05) is 6.54 Å². The van der Waals surface area contributed by atoms with E-state index in [1.807, 2.05) is 19.1 Å². The van der Waals surface area contributed by atoms with Gasteiger partial charge >= 0.3 is 0 Å². The molecular weight excluding hydrogens is 249 g/mol. The van der Waals surface area contributed by atoms with Gasteiger partial charge in [-0.05, 0) is 19.4 Å². The third-order valence-electron chi connectivity index (χ3n) is 1.80. The van der Waals surface area contributed by atoms with Crippen LogP contribution in [0, 0.1) is 0 Å². The average Bonchev–Trinajstić information content (AvgIpc) is 2.27. The van der Waals surface area contributed by atoms with Crippen molar-refractivity contribution in [2.24, 2.45) is 0 Å². The third kappa shape index (κ3) is 3.79. The molecule has 0 aliphatic heterocycles. The summed E-state index contributed by atoms with van der Waals surface area (Å²) in [4.78, 5) is 11.6. The van der Waals surface area contributed by atoms with Crippen LogP contribution in [0.15, 0.2) is 18.2 Å². The molecule has 1 rings (SSSR count). The Morgan fingerprint density at radius 3 is 2.94 bits per heavy atom. The van der Waals surface area contributed by atoms with E-state index in [1.165, 1.54) is 6.07 Å². The summed E-state index contributed by atoms with van der Waals surface area (Å²) in [7, 11) is 0. The van der Waals surface area contributed by atoms with Gasteiger partial charge in [-0.25, -0.2) is 0 Å². The molecule has 1 amide bonds. The lowest BCUT2D eigenvalue weighted by Gasteiger charge is -2.04. The molecule has 86 valence electrons. The molecule has 1 aromatic heterocycles. The zero-order chi connectivity index (χ0) is 12.0. The topological polar surface area (TPSA) is 54.9 Å². The van der Waals surface area contributed by atoms with E-state index in [0.717, 1.165) is 6.42 Å². The van der Waals surface area contributed by atoms with Crippen molar-refractivity contribution in [3.63, 3.8) is 0 Å². The summed E-state index contributed by atoms with van der Waals surface area (Å²) >= 11 is 11.3. The van der Waals surface area contributed by atoms with Crippen LogP contribution in [0.4, 0.5) is 0 Å². The normalized spacial score (nSPS) is 10.7. The Bertz CT molecular complexity index is 407. The van der Waals surface area contributed by atoms with E-state index in [-0.39, 0.29) is 21.8 Å². The van der Waals surface area contributed by atoms with Gasteiger partial charge in [-0.3, -0.25) is 4.79 Å². The maximum Gasteiger partial charge on any atom is 0.254 e. The largest absolute Gasteiger partial charge is 0.352 e. The zero-order valence-electron chi connectivity index (χ0n) is 8.70. The van der Waals surface area contributed by atoms with Crippen LogP contribution in [0.25, 0.3) is 0 Å². The van der Waals surface area contributed by atoms with E-state index in [4.69, 9.17) is 23.2 Å². The van der Waals surface area contributed by atoms with Crippen LogP contribution in [-0.2, 0) is 0 Å². The summed E-state index contributed by atoms with van der Waals surface area (Å²) in [5.41, 5.74) is 0.238. The molecule has 0 atom stereocenters. The molecule has 1 aromatic rings. The number of nitrogens with zero attached hydrogens (tertiary/aromatic N) is 2. The molecule has 0 saturated heterocycles. The summed E-state index contributed by atoms with van der Waals surface area (Å²) in [6.45, 7) is 2.46. The van der Waals surface area contributed by atoms with Crippen molar-refractivity contribution >= 4 is 29.1 Å². The molecule has 0 spiro atoms. The van der Waals surface area contributed by atoms with Crippen LogP contribution < -0.4 is 5.32 Å². The van der Waals surface area contributed by atoms with Crippen LogP contribution in [0.1, 0.15) is 23.7 Å². The van der Waals surface area contributed by atoms with Crippen molar-refractivity contribution in [3.05, 3.63) is 34.1 Å². The van der Waals surface area contributed by atoms with Crippen molar-refractivity contribution < 1.29 is 4.79 Å². The Hall–Kier alpha value is -1.13. The van der Waals surface area contributed by atoms with Gasteiger partial charge in [-0.2, -0.15) is 0 Å². The van der Waals surface area contributed by atoms with Crippen molar-refractivity contribution in [1.82, 2.24) is 15.5 Å². The first kappa shape index (κ1) is 12.9. The minimum Gasteiger partial charge on any atom is -0.352 e. The van der Waals surface area contributed by atoms with Crippen LogP contribution in [0.3, 0.4) is 0 Å². The number of allylic oxidation sites excluding steroid dienone is 1. The molecule has 4 nitrogen and oxygen atoms in total. The molecule has 16 heavy (non-hydrogen) atoms. The van der Waals surface area contributed by atoms with Gasteiger partial charge in [0.1, 0.15) is 0 Å². The molecule has 6 heteroatoms. The quantitative estimate of drug-likeness (QED) is 0.668. The van der Waals surface area contributed by atoms with E-state index in [2.05, 4.69) is 15.5 Å². The lowest BCUT2D eigenvalue weighted by Crippen LogP contribution is -2.24. The fourth-order valence-electron chi connectivity index (χ4n) is 1.04. The molecule has 0 radical (unpaired) electrons. The number of aromatic nitrogens is 2. The van der Waals surface area contributed by atoms with Gasteiger partial charge in [0.2, 0.25) is 0 Å². The second-order valence-electron chi connectivity index (χ2n) is 2.99. The predicted octanol–water partition coefficient (Wildman–Crippen LogP) is 2.48. The highest BCUT2D eigenvalue weighted by atomic mass is 35.5. The van der Waals surface area contributed by atoms with Gasteiger partial charge in [0.25, 0.3) is 5.91 Å². The Kier molecular flexibility index (Phi) is 5.22. The smallest absolute Gasteiger partial charge is 0.254 e. The summed E-state index contributed by atoms with van der Waals surface area (Å²) in [5, 5.41) is 9.97. The zero-order valence-corrected chi connectivity index (χ0v) is 10.2. The van der Waals surface area contributed by atoms with E-state index < -0.39 is 0 Å². The van der Waals surface area contributed by atoms with E-state index in [0.29, 0.717) is 6.54 Å². The molecule has 0 aliphatic carbocycles. The lowest BCUT2D eigenvalue weighted by molar-refractivity contribution is 0.0954. The maximum atomic E-state index is 11.6. The Labute approximate surface area is 104 Å². The highest BCUT2D eigenvalue weighted by Gasteiger charge is 2.12. The fraction of sp³-hybridized carbons (Fsp3) is 0.300. The van der Waals surface area contributed by atoms with Crippen LogP contribution >= 0.6 is 23.2 Å². The molecule has 0 bridgehead atoms. The lowest BCUT2D eigenvalue weighted by atomic mass is 10.3. The van der Waals surface area contributed by atoms with Crippen molar-refractivity contribution in [2.45, 2.75) is 13.3 Å². The molecule has 0 aliphatic rings. The first-order valence-electron chi connectivity index (χ1n) is 4.73. The molecular formula is C10H11Cl2N3O. The Morgan fingerprint density at radius 1 is 1.50 bits per heavy atom. The molecule has 0 aromatic carbocycles. The summed E-state index contributed by atoms with van der Waals surface area (Å²) in [6, 6.07) is 1.39. The molecule has 1 N–H and O–H groups in total. The second kappa shape index (κ2) is 6.45. The average molecular weight is 260 g/mol.